The minimum absolute atomic E-state index is 0.0648. The average Bonchev–Trinajstić information content (AvgIpc) is 2.24. The number of fused-ring (bicyclic) bond motifs is 1. The van der Waals surface area contributed by atoms with Crippen LogP contribution in [0.2, 0.25) is 0 Å². The van der Waals surface area contributed by atoms with Crippen molar-refractivity contribution >= 4 is 15.8 Å². The average molecular weight is 268 g/mol. The van der Waals surface area contributed by atoms with Crippen molar-refractivity contribution in [3.63, 3.8) is 0 Å². The predicted octanol–water partition coefficient (Wildman–Crippen LogP) is 2.15. The molecule has 0 aromatic heterocycles. The van der Waals surface area contributed by atoms with Crippen LogP contribution in [-0.2, 0) is 15.3 Å². The summed E-state index contributed by atoms with van der Waals surface area (Å²) < 4.78 is 24.3. The molecule has 1 aromatic carbocycles. The number of aromatic carboxylic acids is 1. The normalized spacial score (nSPS) is 20.2. The van der Waals surface area contributed by atoms with E-state index >= 15 is 0 Å². The summed E-state index contributed by atoms with van der Waals surface area (Å²) in [5, 5.41) is 9.07. The number of carbonyl (C=O) groups is 1. The number of benzene rings is 1. The monoisotopic (exact) mass is 268 g/mol. The molecule has 0 fully saturated rings. The summed E-state index contributed by atoms with van der Waals surface area (Å²) in [6.45, 7) is 5.54. The summed E-state index contributed by atoms with van der Waals surface area (Å²) in [5.41, 5.74) is 0.918. The molecule has 2 rings (SSSR count). The Kier molecular flexibility index (Phi) is 2.77. The summed E-state index contributed by atoms with van der Waals surface area (Å²) in [6, 6.07) is 3.14. The molecule has 1 aromatic rings. The van der Waals surface area contributed by atoms with E-state index in [-0.39, 0.29) is 21.6 Å². The van der Waals surface area contributed by atoms with E-state index in [1.807, 2.05) is 13.8 Å². The lowest BCUT2D eigenvalue weighted by molar-refractivity contribution is 0.0695. The van der Waals surface area contributed by atoms with Crippen LogP contribution in [0, 0.1) is 6.92 Å². The van der Waals surface area contributed by atoms with Gasteiger partial charge in [0.15, 0.2) is 9.84 Å². The largest absolute Gasteiger partial charge is 0.478 e. The van der Waals surface area contributed by atoms with E-state index < -0.39 is 15.8 Å². The third-order valence-corrected chi connectivity index (χ3v) is 5.56. The third kappa shape index (κ3) is 1.82. The van der Waals surface area contributed by atoms with E-state index in [1.54, 1.807) is 13.0 Å². The maximum absolute atomic E-state index is 12.2. The van der Waals surface area contributed by atoms with Gasteiger partial charge in [-0.15, -0.1) is 0 Å². The highest BCUT2D eigenvalue weighted by molar-refractivity contribution is 7.91. The second-order valence-electron chi connectivity index (χ2n) is 5.37. The zero-order chi connectivity index (χ0) is 13.7. The maximum atomic E-state index is 12.2. The zero-order valence-electron chi connectivity index (χ0n) is 10.6. The highest BCUT2D eigenvalue weighted by Gasteiger charge is 2.37. The molecule has 0 unspecified atom stereocenters. The minimum Gasteiger partial charge on any atom is -0.478 e. The molecule has 1 aliphatic heterocycles. The van der Waals surface area contributed by atoms with Crippen LogP contribution in [0.15, 0.2) is 17.0 Å². The highest BCUT2D eigenvalue weighted by atomic mass is 32.2. The molecule has 1 heterocycles. The van der Waals surface area contributed by atoms with Crippen molar-refractivity contribution in [3.8, 4) is 0 Å². The van der Waals surface area contributed by atoms with E-state index in [0.717, 1.165) is 5.56 Å². The molecule has 0 saturated heterocycles. The van der Waals surface area contributed by atoms with Crippen LogP contribution in [0.1, 0.15) is 41.8 Å². The molecule has 0 saturated carbocycles. The predicted molar refractivity (Wildman–Crippen MR) is 67.8 cm³/mol. The van der Waals surface area contributed by atoms with Crippen molar-refractivity contribution in [3.05, 3.63) is 28.8 Å². The number of hydrogen-bond donors (Lipinski definition) is 1. The number of carboxylic acid groups (broad SMARTS) is 1. The van der Waals surface area contributed by atoms with Crippen LogP contribution >= 0.6 is 0 Å². The van der Waals surface area contributed by atoms with Gasteiger partial charge >= 0.3 is 5.97 Å². The van der Waals surface area contributed by atoms with Gasteiger partial charge in [0.2, 0.25) is 0 Å². The molecule has 0 spiro atoms. The molecular weight excluding hydrogens is 252 g/mol. The zero-order valence-corrected chi connectivity index (χ0v) is 11.5. The van der Waals surface area contributed by atoms with Gasteiger partial charge in [-0.2, -0.15) is 0 Å². The second kappa shape index (κ2) is 3.82. The number of carboxylic acids is 1. The van der Waals surface area contributed by atoms with Gasteiger partial charge in [0.25, 0.3) is 0 Å². The van der Waals surface area contributed by atoms with Crippen molar-refractivity contribution in [2.75, 3.05) is 5.75 Å². The minimum atomic E-state index is -3.36. The Bertz CT molecular complexity index is 627. The van der Waals surface area contributed by atoms with E-state index in [1.165, 1.54) is 6.07 Å². The van der Waals surface area contributed by atoms with Crippen LogP contribution in [0.5, 0.6) is 0 Å². The van der Waals surface area contributed by atoms with Gasteiger partial charge in [0.1, 0.15) is 0 Å². The highest BCUT2D eigenvalue weighted by Crippen LogP contribution is 2.40. The number of hydrogen-bond acceptors (Lipinski definition) is 3. The SMILES string of the molecule is Cc1c(C(=O)O)ccc2c1S(=O)(=O)CCC2(C)C. The summed E-state index contributed by atoms with van der Waals surface area (Å²) in [6.07, 6.45) is 0.564. The molecule has 18 heavy (non-hydrogen) atoms. The van der Waals surface area contributed by atoms with Crippen LogP contribution in [0.25, 0.3) is 0 Å². The molecule has 0 atom stereocenters. The first kappa shape index (κ1) is 13.1. The van der Waals surface area contributed by atoms with Crippen molar-refractivity contribution in [1.82, 2.24) is 0 Å². The summed E-state index contributed by atoms with van der Waals surface area (Å²) in [7, 11) is -3.36. The van der Waals surface area contributed by atoms with E-state index in [9.17, 15) is 13.2 Å². The first-order chi connectivity index (χ1) is 8.17. The molecule has 1 N–H and O–H groups in total. The van der Waals surface area contributed by atoms with Gasteiger partial charge in [-0.3, -0.25) is 0 Å². The topological polar surface area (TPSA) is 71.4 Å². The summed E-state index contributed by atoms with van der Waals surface area (Å²) in [4.78, 5) is 11.3. The Balaban J connectivity index is 2.85. The molecule has 0 bridgehead atoms. The van der Waals surface area contributed by atoms with Crippen molar-refractivity contribution in [2.24, 2.45) is 0 Å². The van der Waals surface area contributed by atoms with Crippen LogP contribution in [0.4, 0.5) is 0 Å². The Morgan fingerprint density at radius 2 is 1.94 bits per heavy atom. The van der Waals surface area contributed by atoms with Crippen molar-refractivity contribution < 1.29 is 18.3 Å². The van der Waals surface area contributed by atoms with E-state index in [2.05, 4.69) is 0 Å². The lowest BCUT2D eigenvalue weighted by atomic mass is 9.80. The van der Waals surface area contributed by atoms with Gasteiger partial charge in [-0.1, -0.05) is 19.9 Å². The number of rotatable bonds is 1. The van der Waals surface area contributed by atoms with Crippen molar-refractivity contribution in [2.45, 2.75) is 37.5 Å². The van der Waals surface area contributed by atoms with Gasteiger partial charge in [0.05, 0.1) is 16.2 Å². The van der Waals surface area contributed by atoms with E-state index in [4.69, 9.17) is 5.11 Å². The smallest absolute Gasteiger partial charge is 0.335 e. The summed E-state index contributed by atoms with van der Waals surface area (Å²) in [5.74, 6) is -1.01. The molecule has 98 valence electrons. The van der Waals surface area contributed by atoms with Gasteiger partial charge < -0.3 is 5.11 Å². The van der Waals surface area contributed by atoms with Crippen molar-refractivity contribution in [1.29, 1.82) is 0 Å². The Morgan fingerprint density at radius 3 is 2.50 bits per heavy atom. The molecule has 5 heteroatoms. The Morgan fingerprint density at radius 1 is 1.33 bits per heavy atom. The fraction of sp³-hybridized carbons (Fsp3) is 0.462. The van der Waals surface area contributed by atoms with Gasteiger partial charge in [-0.25, -0.2) is 13.2 Å². The van der Waals surface area contributed by atoms with Crippen LogP contribution < -0.4 is 0 Å². The molecule has 4 nitrogen and oxygen atoms in total. The Labute approximate surface area is 107 Å². The van der Waals surface area contributed by atoms with E-state index in [0.29, 0.717) is 12.0 Å². The van der Waals surface area contributed by atoms with Crippen LogP contribution in [-0.4, -0.2) is 25.2 Å². The molecular formula is C13H16O4S. The molecule has 0 amide bonds. The van der Waals surface area contributed by atoms with Gasteiger partial charge in [-0.05, 0) is 36.0 Å². The molecule has 0 radical (unpaired) electrons. The lowest BCUT2D eigenvalue weighted by Crippen LogP contribution is -2.31. The first-order valence-electron chi connectivity index (χ1n) is 5.77. The van der Waals surface area contributed by atoms with Crippen LogP contribution in [0.3, 0.4) is 0 Å². The molecule has 1 aliphatic rings. The first-order valence-corrected chi connectivity index (χ1v) is 7.42. The van der Waals surface area contributed by atoms with Gasteiger partial charge in [0, 0.05) is 0 Å². The quantitative estimate of drug-likeness (QED) is 0.847. The fourth-order valence-corrected chi connectivity index (χ4v) is 4.72. The molecule has 0 aliphatic carbocycles. The summed E-state index contributed by atoms with van der Waals surface area (Å²) >= 11 is 0. The maximum Gasteiger partial charge on any atom is 0.335 e. The Hall–Kier alpha value is -1.36. The fourth-order valence-electron chi connectivity index (χ4n) is 2.48. The second-order valence-corrected chi connectivity index (χ2v) is 7.42. The third-order valence-electron chi connectivity index (χ3n) is 3.67. The number of sulfone groups is 1. The standard InChI is InChI=1S/C13H16O4S/c1-8-9(12(14)15)4-5-10-11(8)18(16,17)7-6-13(10,2)3/h4-5H,6-7H2,1-3H3,(H,14,15). The lowest BCUT2D eigenvalue weighted by Gasteiger charge is -2.33.